The molecule has 2 N–H and O–H groups in total. The van der Waals surface area contributed by atoms with Crippen LogP contribution in [-0.4, -0.2) is 15.7 Å². The number of pyridine rings is 1. The van der Waals surface area contributed by atoms with Gasteiger partial charge in [0.25, 0.3) is 5.90 Å². The maximum Gasteiger partial charge on any atom is 0.643 e. The highest BCUT2D eigenvalue weighted by Crippen LogP contribution is 2.43. The highest BCUT2D eigenvalue weighted by Gasteiger charge is 2.36. The molecule has 0 radical (unpaired) electrons. The molecule has 1 aromatic heterocycles. The minimum atomic E-state index is -4.28. The van der Waals surface area contributed by atoms with Gasteiger partial charge in [-0.15, -0.1) is 0 Å². The van der Waals surface area contributed by atoms with Crippen molar-refractivity contribution in [3.05, 3.63) is 30.6 Å². The van der Waals surface area contributed by atoms with Crippen molar-refractivity contribution in [1.29, 1.82) is 0 Å². The molecule has 14 heavy (non-hydrogen) atoms. The Labute approximate surface area is 81.1 Å². The van der Waals surface area contributed by atoms with Gasteiger partial charge in [0.15, 0.2) is 0 Å². The minimum absolute atomic E-state index is 0.774. The van der Waals surface area contributed by atoms with Crippen LogP contribution in [0.3, 0.4) is 0 Å². The van der Waals surface area contributed by atoms with E-state index in [-0.39, 0.29) is 0 Å². The van der Waals surface area contributed by atoms with E-state index in [4.69, 9.17) is 14.4 Å². The Hall–Kier alpha value is -0.800. The first-order valence-corrected chi connectivity index (χ1v) is 6.77. The average molecular weight is 237 g/mol. The second kappa shape index (κ2) is 4.62. The van der Waals surface area contributed by atoms with Gasteiger partial charge in [0, 0.05) is 12.1 Å². The summed E-state index contributed by atoms with van der Waals surface area (Å²) in [5.41, 5.74) is 0. The van der Waals surface area contributed by atoms with Crippen LogP contribution in [0.2, 0.25) is 0 Å². The molecule has 0 aliphatic carbocycles. The minimum Gasteiger partial charge on any atom is -0.321 e. The first-order chi connectivity index (χ1) is 6.47. The second-order valence-electron chi connectivity index (χ2n) is 2.46. The van der Waals surface area contributed by atoms with Gasteiger partial charge >= 0.3 is 15.6 Å². The summed E-state index contributed by atoms with van der Waals surface area (Å²) in [6, 6.07) is 5.01. The molecule has 0 saturated carbocycles. The lowest BCUT2D eigenvalue weighted by atomic mass is 10.5. The van der Waals surface area contributed by atoms with Crippen LogP contribution >= 0.6 is 15.6 Å². The summed E-state index contributed by atoms with van der Waals surface area (Å²) in [7, 11) is -6.68. The fraction of sp³-hybridized carbons (Fsp3) is 0.167. The van der Waals surface area contributed by atoms with Crippen molar-refractivity contribution >= 4 is 15.6 Å². The van der Waals surface area contributed by atoms with Crippen molar-refractivity contribution in [2.75, 3.05) is 5.90 Å². The molecule has 1 rings (SSSR count). The van der Waals surface area contributed by atoms with Crippen LogP contribution in [0.15, 0.2) is 30.6 Å². The SMILES string of the molecule is O=[P+](CP(=O)(O)O)O[n+]1ccccc1. The third kappa shape index (κ3) is 4.44. The molecule has 76 valence electrons. The van der Waals surface area contributed by atoms with Crippen LogP contribution < -0.4 is 9.35 Å². The van der Waals surface area contributed by atoms with E-state index in [1.807, 2.05) is 0 Å². The molecule has 1 heterocycles. The largest absolute Gasteiger partial charge is 0.643 e. The van der Waals surface area contributed by atoms with Crippen molar-refractivity contribution in [2.24, 2.45) is 0 Å². The molecule has 1 atom stereocenters. The van der Waals surface area contributed by atoms with Crippen molar-refractivity contribution in [3.63, 3.8) is 0 Å². The van der Waals surface area contributed by atoms with Crippen LogP contribution in [-0.2, 0) is 9.13 Å². The van der Waals surface area contributed by atoms with E-state index < -0.39 is 21.5 Å². The molecule has 8 heteroatoms. The first kappa shape index (κ1) is 11.3. The molecule has 0 aliphatic rings. The van der Waals surface area contributed by atoms with Crippen molar-refractivity contribution in [2.45, 2.75) is 0 Å². The number of hydrogen-bond donors (Lipinski definition) is 2. The summed E-state index contributed by atoms with van der Waals surface area (Å²) in [6.07, 6.45) is 2.96. The number of rotatable bonds is 4. The van der Waals surface area contributed by atoms with E-state index in [0.717, 1.165) is 4.73 Å². The summed E-state index contributed by atoms with van der Waals surface area (Å²) in [5, 5.41) is 0. The van der Waals surface area contributed by atoms with E-state index in [9.17, 15) is 9.13 Å². The van der Waals surface area contributed by atoms with Crippen molar-refractivity contribution in [1.82, 2.24) is 0 Å². The van der Waals surface area contributed by atoms with Crippen LogP contribution in [0.4, 0.5) is 0 Å². The Morgan fingerprint density at radius 3 is 2.36 bits per heavy atom. The molecular formula is C6H9NO5P2+2. The van der Waals surface area contributed by atoms with Gasteiger partial charge in [0.1, 0.15) is 0 Å². The average Bonchev–Trinajstić information content (AvgIpc) is 2.02. The Morgan fingerprint density at radius 2 is 1.86 bits per heavy atom. The Kier molecular flexibility index (Phi) is 3.72. The summed E-state index contributed by atoms with van der Waals surface area (Å²) in [6.45, 7) is 0. The Bertz CT molecular complexity index is 362. The van der Waals surface area contributed by atoms with Crippen LogP contribution in [0.25, 0.3) is 0 Å². The van der Waals surface area contributed by atoms with Crippen LogP contribution in [0, 0.1) is 0 Å². The van der Waals surface area contributed by atoms with Gasteiger partial charge in [-0.3, -0.25) is 4.57 Å². The topological polar surface area (TPSA) is 87.7 Å². The van der Waals surface area contributed by atoms with E-state index in [1.54, 1.807) is 18.2 Å². The van der Waals surface area contributed by atoms with Crippen molar-refractivity contribution < 1.29 is 28.3 Å². The quantitative estimate of drug-likeness (QED) is 0.580. The molecule has 1 aromatic rings. The van der Waals surface area contributed by atoms with Gasteiger partial charge in [0.2, 0.25) is 12.4 Å². The van der Waals surface area contributed by atoms with E-state index >= 15 is 0 Å². The zero-order valence-corrected chi connectivity index (χ0v) is 8.84. The van der Waals surface area contributed by atoms with E-state index in [2.05, 4.69) is 0 Å². The van der Waals surface area contributed by atoms with Gasteiger partial charge in [-0.25, -0.2) is 0 Å². The zero-order chi connectivity index (χ0) is 10.6. The lowest BCUT2D eigenvalue weighted by Crippen LogP contribution is -2.37. The highest BCUT2D eigenvalue weighted by atomic mass is 31.2. The molecule has 0 aliphatic heterocycles. The fourth-order valence-corrected chi connectivity index (χ4v) is 2.45. The number of nitrogens with zero attached hydrogens (tertiary/aromatic N) is 1. The fourth-order valence-electron chi connectivity index (χ4n) is 0.719. The molecule has 1 unspecified atom stereocenters. The molecular weight excluding hydrogens is 228 g/mol. The predicted molar refractivity (Wildman–Crippen MR) is 47.7 cm³/mol. The summed E-state index contributed by atoms with van der Waals surface area (Å²) < 4.78 is 27.4. The standard InChI is InChI=1S/C6H7NO5P2/c8-13(6-14(9,10)11)12-7-4-2-1-3-5-7/h1-5H,6H2/p+2. The van der Waals surface area contributed by atoms with Crippen molar-refractivity contribution in [3.8, 4) is 0 Å². The lowest BCUT2D eigenvalue weighted by Gasteiger charge is -1.90. The third-order valence-electron chi connectivity index (χ3n) is 1.17. The van der Waals surface area contributed by atoms with Gasteiger partial charge < -0.3 is 9.79 Å². The normalized spacial score (nSPS) is 12.3. The molecule has 6 nitrogen and oxygen atoms in total. The maximum absolute atomic E-state index is 11.0. The summed E-state index contributed by atoms with van der Waals surface area (Å²) in [4.78, 5) is 17.0. The molecule has 0 spiro atoms. The number of hydrogen-bond acceptors (Lipinski definition) is 3. The highest BCUT2D eigenvalue weighted by molar-refractivity contribution is 7.64. The monoisotopic (exact) mass is 237 g/mol. The van der Waals surface area contributed by atoms with E-state index in [1.165, 1.54) is 12.4 Å². The predicted octanol–water partition coefficient (Wildman–Crippen LogP) is 0.280. The smallest absolute Gasteiger partial charge is 0.321 e. The molecule has 0 saturated heterocycles. The summed E-state index contributed by atoms with van der Waals surface area (Å²) >= 11 is 0. The molecule has 0 aromatic carbocycles. The molecule has 0 bridgehead atoms. The first-order valence-electron chi connectivity index (χ1n) is 3.61. The summed E-state index contributed by atoms with van der Waals surface area (Å²) in [5.74, 6) is -0.774. The van der Waals surface area contributed by atoms with Crippen LogP contribution in [0.1, 0.15) is 0 Å². The van der Waals surface area contributed by atoms with Gasteiger partial charge in [-0.2, -0.15) is 0 Å². The number of aromatic nitrogens is 1. The van der Waals surface area contributed by atoms with Gasteiger partial charge in [-0.1, -0.05) is 6.07 Å². The molecule has 0 amide bonds. The van der Waals surface area contributed by atoms with Gasteiger partial charge in [-0.05, 0) is 9.19 Å². The second-order valence-corrected chi connectivity index (χ2v) is 5.75. The maximum atomic E-state index is 11.0. The molecule has 0 fully saturated rings. The third-order valence-corrected chi connectivity index (χ3v) is 3.94. The van der Waals surface area contributed by atoms with E-state index in [0.29, 0.717) is 0 Å². The van der Waals surface area contributed by atoms with Crippen LogP contribution in [0.5, 0.6) is 0 Å². The zero-order valence-electron chi connectivity index (χ0n) is 7.05. The Balaban J connectivity index is 2.55. The van der Waals surface area contributed by atoms with Gasteiger partial charge in [0.05, 0.1) is 4.73 Å². The Morgan fingerprint density at radius 1 is 1.29 bits per heavy atom. The lowest BCUT2D eigenvalue weighted by molar-refractivity contribution is -0.856.